The maximum absolute atomic E-state index is 13.6. The van der Waals surface area contributed by atoms with Crippen LogP contribution < -0.4 is 0 Å². The van der Waals surface area contributed by atoms with Gasteiger partial charge in [0.05, 0.1) is 6.61 Å². The monoisotopic (exact) mass is 527 g/mol. The number of nitrogens with zero attached hydrogens (tertiary/aromatic N) is 1. The van der Waals surface area contributed by atoms with Crippen LogP contribution in [0.5, 0.6) is 0 Å². The van der Waals surface area contributed by atoms with Crippen LogP contribution in [0.15, 0.2) is 84.9 Å². The molecule has 2 fully saturated rings. The first-order chi connectivity index (χ1) is 19.0. The van der Waals surface area contributed by atoms with Gasteiger partial charge in [0.25, 0.3) is 0 Å². The van der Waals surface area contributed by atoms with Gasteiger partial charge in [-0.25, -0.2) is 4.79 Å². The molecule has 204 valence electrons. The Bertz CT molecular complexity index is 1190. The number of hydrogen-bond donors (Lipinski definition) is 1. The summed E-state index contributed by atoms with van der Waals surface area (Å²) in [6.45, 7) is 3.09. The molecule has 0 aliphatic carbocycles. The first-order valence-corrected chi connectivity index (χ1v) is 14.0. The maximum Gasteiger partial charge on any atom is 0.347 e. The number of rotatable bonds is 10. The van der Waals surface area contributed by atoms with Gasteiger partial charge in [0.1, 0.15) is 6.10 Å². The second kappa shape index (κ2) is 12.1. The summed E-state index contributed by atoms with van der Waals surface area (Å²) in [6.07, 6.45) is 4.54. The highest BCUT2D eigenvalue weighted by molar-refractivity contribution is 5.85. The van der Waals surface area contributed by atoms with Gasteiger partial charge in [0.15, 0.2) is 0 Å². The highest BCUT2D eigenvalue weighted by Crippen LogP contribution is 2.39. The molecule has 3 atom stereocenters. The van der Waals surface area contributed by atoms with E-state index in [1.165, 1.54) is 5.56 Å². The Hall–Kier alpha value is -3.48. The predicted molar refractivity (Wildman–Crippen MR) is 149 cm³/mol. The fourth-order valence-corrected chi connectivity index (χ4v) is 6.08. The van der Waals surface area contributed by atoms with Crippen LogP contribution in [0, 0.1) is 0 Å². The van der Waals surface area contributed by atoms with Crippen molar-refractivity contribution in [3.63, 3.8) is 0 Å². The zero-order valence-corrected chi connectivity index (χ0v) is 22.5. The van der Waals surface area contributed by atoms with Crippen molar-refractivity contribution >= 4 is 11.9 Å². The molecule has 0 saturated carbocycles. The zero-order valence-electron chi connectivity index (χ0n) is 22.5. The molecule has 6 heteroatoms. The summed E-state index contributed by atoms with van der Waals surface area (Å²) in [5, 5.41) is 11.8. The number of benzene rings is 3. The first-order valence-electron chi connectivity index (χ1n) is 14.0. The second-order valence-electron chi connectivity index (χ2n) is 10.6. The molecule has 5 rings (SSSR count). The Labute approximate surface area is 230 Å². The molecule has 3 aromatic rings. The molecular weight excluding hydrogens is 490 g/mol. The number of aryl methyl sites for hydroxylation is 1. The Morgan fingerprint density at radius 3 is 1.92 bits per heavy atom. The first kappa shape index (κ1) is 27.1. The molecule has 0 radical (unpaired) electrons. The molecular formula is C33H37NO5. The third-order valence-electron chi connectivity index (χ3n) is 8.10. The van der Waals surface area contributed by atoms with Crippen LogP contribution in [0.2, 0.25) is 0 Å². The molecule has 2 saturated heterocycles. The number of esters is 2. The van der Waals surface area contributed by atoms with Crippen molar-refractivity contribution in [1.82, 2.24) is 4.90 Å². The zero-order chi connectivity index (χ0) is 27.2. The van der Waals surface area contributed by atoms with E-state index in [9.17, 15) is 14.7 Å². The minimum Gasteiger partial charge on any atom is -0.466 e. The summed E-state index contributed by atoms with van der Waals surface area (Å²) < 4.78 is 11.1. The lowest BCUT2D eigenvalue weighted by molar-refractivity contribution is -0.171. The Kier molecular flexibility index (Phi) is 8.44. The third kappa shape index (κ3) is 6.07. The number of carbonyl (C=O) groups is 2. The van der Waals surface area contributed by atoms with Crippen LogP contribution in [0.4, 0.5) is 0 Å². The fraction of sp³-hybridized carbons (Fsp3) is 0.394. The molecule has 0 amide bonds. The highest BCUT2D eigenvalue weighted by Gasteiger charge is 2.46. The fourth-order valence-electron chi connectivity index (χ4n) is 6.08. The summed E-state index contributed by atoms with van der Waals surface area (Å²) in [4.78, 5) is 27.8. The van der Waals surface area contributed by atoms with Crippen LogP contribution in [-0.4, -0.2) is 46.7 Å². The number of piperidine rings is 1. The van der Waals surface area contributed by atoms with Crippen LogP contribution in [0.3, 0.4) is 0 Å². The van der Waals surface area contributed by atoms with Crippen LogP contribution in [0.25, 0.3) is 0 Å². The summed E-state index contributed by atoms with van der Waals surface area (Å²) in [6, 6.07) is 27.2. The molecule has 0 spiro atoms. The number of hydrogen-bond acceptors (Lipinski definition) is 6. The highest BCUT2D eigenvalue weighted by atomic mass is 16.6. The van der Waals surface area contributed by atoms with Gasteiger partial charge in [-0.1, -0.05) is 84.9 Å². The van der Waals surface area contributed by atoms with E-state index in [-0.39, 0.29) is 12.1 Å². The number of ether oxygens (including phenoxy) is 2. The molecule has 0 aromatic heterocycles. The van der Waals surface area contributed by atoms with E-state index < -0.39 is 11.6 Å². The van der Waals surface area contributed by atoms with Gasteiger partial charge in [-0.3, -0.25) is 9.69 Å². The molecule has 2 aliphatic rings. The molecule has 2 bridgehead atoms. The van der Waals surface area contributed by atoms with Crippen molar-refractivity contribution in [3.05, 3.63) is 107 Å². The lowest BCUT2D eigenvalue weighted by atomic mass is 9.86. The van der Waals surface area contributed by atoms with E-state index in [2.05, 4.69) is 29.2 Å². The molecule has 6 nitrogen and oxygen atoms in total. The third-order valence-corrected chi connectivity index (χ3v) is 8.10. The maximum atomic E-state index is 13.6. The quantitative estimate of drug-likeness (QED) is 0.367. The summed E-state index contributed by atoms with van der Waals surface area (Å²) in [5.74, 6) is -0.774. The van der Waals surface area contributed by atoms with Gasteiger partial charge >= 0.3 is 11.9 Å². The average Bonchev–Trinajstić information content (AvgIpc) is 3.19. The molecule has 3 aromatic carbocycles. The smallest absolute Gasteiger partial charge is 0.347 e. The molecule has 2 aliphatic heterocycles. The normalized spacial score (nSPS) is 20.9. The van der Waals surface area contributed by atoms with Crippen molar-refractivity contribution in [2.75, 3.05) is 6.61 Å². The van der Waals surface area contributed by atoms with Crippen molar-refractivity contribution in [1.29, 1.82) is 0 Å². The minimum absolute atomic E-state index is 0.160. The lowest BCUT2D eigenvalue weighted by Gasteiger charge is -2.39. The van der Waals surface area contributed by atoms with Crippen LogP contribution in [-0.2, 0) is 37.6 Å². The van der Waals surface area contributed by atoms with Crippen LogP contribution >= 0.6 is 0 Å². The number of aliphatic hydroxyl groups is 1. The summed E-state index contributed by atoms with van der Waals surface area (Å²) in [7, 11) is 0. The van der Waals surface area contributed by atoms with E-state index in [1.807, 2.05) is 43.3 Å². The SMILES string of the molecule is CCOC(=O)CCc1ccc(CN2[C@@H]3CC[C@H]2C[C@@H](OC(=O)C(O)(c2ccccc2)c2ccccc2)C3)cc1. The van der Waals surface area contributed by atoms with Gasteiger partial charge in [-0.05, 0) is 48.4 Å². The Morgan fingerprint density at radius 1 is 0.846 bits per heavy atom. The van der Waals surface area contributed by atoms with Gasteiger partial charge in [-0.15, -0.1) is 0 Å². The predicted octanol–water partition coefficient (Wildman–Crippen LogP) is 5.16. The van der Waals surface area contributed by atoms with E-state index in [4.69, 9.17) is 9.47 Å². The summed E-state index contributed by atoms with van der Waals surface area (Å²) in [5.41, 5.74) is 1.53. The van der Waals surface area contributed by atoms with E-state index in [0.29, 0.717) is 42.7 Å². The summed E-state index contributed by atoms with van der Waals surface area (Å²) >= 11 is 0. The van der Waals surface area contributed by atoms with E-state index in [0.717, 1.165) is 37.8 Å². The Morgan fingerprint density at radius 2 is 1.38 bits per heavy atom. The van der Waals surface area contributed by atoms with Crippen LogP contribution in [0.1, 0.15) is 61.3 Å². The molecule has 1 N–H and O–H groups in total. The van der Waals surface area contributed by atoms with E-state index >= 15 is 0 Å². The van der Waals surface area contributed by atoms with Gasteiger partial charge in [0.2, 0.25) is 5.60 Å². The van der Waals surface area contributed by atoms with Crippen molar-refractivity contribution in [2.45, 2.75) is 75.8 Å². The van der Waals surface area contributed by atoms with Gasteiger partial charge in [0, 0.05) is 37.9 Å². The molecule has 0 unspecified atom stereocenters. The minimum atomic E-state index is -1.85. The van der Waals surface area contributed by atoms with Crippen molar-refractivity contribution in [3.8, 4) is 0 Å². The number of carbonyl (C=O) groups excluding carboxylic acids is 2. The average molecular weight is 528 g/mol. The largest absolute Gasteiger partial charge is 0.466 e. The van der Waals surface area contributed by atoms with Crippen molar-refractivity contribution < 1.29 is 24.2 Å². The number of fused-ring (bicyclic) bond motifs is 2. The van der Waals surface area contributed by atoms with E-state index in [1.54, 1.807) is 24.3 Å². The molecule has 2 heterocycles. The van der Waals surface area contributed by atoms with Gasteiger partial charge < -0.3 is 14.6 Å². The standard InChI is InChI=1S/C33H37NO5/c1-2-38-31(35)20-17-24-13-15-25(16-14-24)23-34-28-18-19-29(34)22-30(21-28)39-32(36)33(37,26-9-5-3-6-10-26)27-11-7-4-8-12-27/h3-16,28-30,37H,2,17-23H2,1H3/t28-,29+,30+. The van der Waals surface area contributed by atoms with Crippen molar-refractivity contribution in [2.24, 2.45) is 0 Å². The van der Waals surface area contributed by atoms with Gasteiger partial charge in [-0.2, -0.15) is 0 Å². The lowest BCUT2D eigenvalue weighted by Crippen LogP contribution is -2.47. The topological polar surface area (TPSA) is 76.1 Å². The molecule has 39 heavy (non-hydrogen) atoms. The Balaban J connectivity index is 1.22. The second-order valence-corrected chi connectivity index (χ2v) is 10.6.